The van der Waals surface area contributed by atoms with Gasteiger partial charge in [0, 0.05) is 5.56 Å². The van der Waals surface area contributed by atoms with Crippen LogP contribution in [0, 0.1) is 0 Å². The van der Waals surface area contributed by atoms with Crippen molar-refractivity contribution in [1.82, 2.24) is 19.9 Å². The zero-order valence-corrected chi connectivity index (χ0v) is 11.4. The molecule has 21 heavy (non-hydrogen) atoms. The molecule has 0 bridgehead atoms. The average molecular weight is 287 g/mol. The van der Waals surface area contributed by atoms with Gasteiger partial charge in [0.1, 0.15) is 5.82 Å². The first-order valence-corrected chi connectivity index (χ1v) is 6.10. The second-order valence-electron chi connectivity index (χ2n) is 4.30. The Morgan fingerprint density at radius 1 is 1.10 bits per heavy atom. The number of anilines is 1. The molecule has 0 radical (unpaired) electrons. The van der Waals surface area contributed by atoms with Crippen LogP contribution < -0.4 is 20.8 Å². The van der Waals surface area contributed by atoms with Crippen LogP contribution in [0.1, 0.15) is 0 Å². The Hall–Kier alpha value is -3.03. The Morgan fingerprint density at radius 2 is 1.86 bits per heavy atom. The van der Waals surface area contributed by atoms with Crippen LogP contribution in [-0.2, 0) is 0 Å². The number of ether oxygens (including phenoxy) is 2. The average Bonchev–Trinajstić information content (AvgIpc) is 2.90. The number of nitrogens with one attached hydrogen (secondary N) is 2. The third-order valence-electron chi connectivity index (χ3n) is 3.04. The predicted molar refractivity (Wildman–Crippen MR) is 77.5 cm³/mol. The van der Waals surface area contributed by atoms with Crippen molar-refractivity contribution in [3.8, 4) is 22.9 Å². The maximum Gasteiger partial charge on any atom is 0.278 e. The standard InChI is InChI=1S/C13H13N5O3/c1-20-7-4-3-6(5-8(7)21-2)10-15-9-11(16-10)17-13(14)18-12(9)19/h3-5H,1-2H3,(H4,14,15,16,17,18,19). The van der Waals surface area contributed by atoms with E-state index in [-0.39, 0.29) is 22.7 Å². The zero-order chi connectivity index (χ0) is 15.0. The van der Waals surface area contributed by atoms with Crippen molar-refractivity contribution in [2.24, 2.45) is 0 Å². The van der Waals surface area contributed by atoms with Crippen molar-refractivity contribution in [3.63, 3.8) is 0 Å². The summed E-state index contributed by atoms with van der Waals surface area (Å²) >= 11 is 0. The fourth-order valence-electron chi connectivity index (χ4n) is 2.04. The summed E-state index contributed by atoms with van der Waals surface area (Å²) in [6.45, 7) is 0. The molecule has 0 aliphatic heterocycles. The van der Waals surface area contributed by atoms with Gasteiger partial charge in [0.2, 0.25) is 5.95 Å². The second kappa shape index (κ2) is 4.82. The molecule has 3 rings (SSSR count). The molecule has 0 atom stereocenters. The van der Waals surface area contributed by atoms with Crippen molar-refractivity contribution in [3.05, 3.63) is 28.6 Å². The number of methoxy groups -OCH3 is 2. The van der Waals surface area contributed by atoms with Crippen LogP contribution >= 0.6 is 0 Å². The van der Waals surface area contributed by atoms with Crippen molar-refractivity contribution in [1.29, 1.82) is 0 Å². The largest absolute Gasteiger partial charge is 0.493 e. The van der Waals surface area contributed by atoms with E-state index in [0.29, 0.717) is 17.3 Å². The molecule has 2 heterocycles. The van der Waals surface area contributed by atoms with E-state index < -0.39 is 0 Å². The van der Waals surface area contributed by atoms with E-state index in [1.807, 2.05) is 0 Å². The molecule has 108 valence electrons. The molecule has 0 aliphatic rings. The molecular formula is C13H13N5O3. The van der Waals surface area contributed by atoms with E-state index in [0.717, 1.165) is 5.56 Å². The predicted octanol–water partition coefficient (Wildman–Crippen LogP) is 0.913. The van der Waals surface area contributed by atoms with Gasteiger partial charge < -0.3 is 20.2 Å². The SMILES string of the molecule is COc1ccc(-c2nc3nc(N)[nH]c(=O)c3[nH]2)cc1OC. The molecule has 0 fully saturated rings. The first-order chi connectivity index (χ1) is 10.1. The maximum atomic E-state index is 11.8. The van der Waals surface area contributed by atoms with Crippen LogP contribution in [0.4, 0.5) is 5.95 Å². The Labute approximate surface area is 118 Å². The van der Waals surface area contributed by atoms with Gasteiger partial charge in [-0.1, -0.05) is 0 Å². The molecule has 0 amide bonds. The minimum absolute atomic E-state index is 0.0258. The summed E-state index contributed by atoms with van der Waals surface area (Å²) in [6.07, 6.45) is 0. The van der Waals surface area contributed by atoms with Gasteiger partial charge in [-0.15, -0.1) is 0 Å². The van der Waals surface area contributed by atoms with Crippen LogP contribution in [0.5, 0.6) is 11.5 Å². The lowest BCUT2D eigenvalue weighted by Crippen LogP contribution is -2.10. The first-order valence-electron chi connectivity index (χ1n) is 6.10. The van der Waals surface area contributed by atoms with Gasteiger partial charge in [-0.3, -0.25) is 9.78 Å². The maximum absolute atomic E-state index is 11.8. The van der Waals surface area contributed by atoms with E-state index in [4.69, 9.17) is 15.2 Å². The summed E-state index contributed by atoms with van der Waals surface area (Å²) in [4.78, 5) is 25.4. The van der Waals surface area contributed by atoms with Crippen molar-refractivity contribution in [2.45, 2.75) is 0 Å². The summed E-state index contributed by atoms with van der Waals surface area (Å²) in [5.74, 6) is 1.70. The first kappa shape index (κ1) is 13.0. The zero-order valence-electron chi connectivity index (χ0n) is 11.4. The lowest BCUT2D eigenvalue weighted by Gasteiger charge is -2.08. The Kier molecular flexibility index (Phi) is 2.98. The molecule has 0 saturated carbocycles. The highest BCUT2D eigenvalue weighted by Crippen LogP contribution is 2.31. The molecule has 0 aliphatic carbocycles. The highest BCUT2D eigenvalue weighted by atomic mass is 16.5. The Morgan fingerprint density at radius 3 is 2.57 bits per heavy atom. The molecule has 8 heteroatoms. The number of fused-ring (bicyclic) bond motifs is 1. The van der Waals surface area contributed by atoms with Crippen molar-refractivity contribution in [2.75, 3.05) is 20.0 Å². The number of hydrogen-bond donors (Lipinski definition) is 3. The van der Waals surface area contributed by atoms with Crippen LogP contribution in [0.2, 0.25) is 0 Å². The quantitative estimate of drug-likeness (QED) is 0.659. The minimum atomic E-state index is -0.364. The Bertz CT molecular complexity index is 868. The third kappa shape index (κ3) is 2.16. The van der Waals surface area contributed by atoms with Gasteiger partial charge in [0.05, 0.1) is 14.2 Å². The number of imidazole rings is 1. The normalized spacial score (nSPS) is 10.8. The van der Waals surface area contributed by atoms with Gasteiger partial charge in [0.15, 0.2) is 22.7 Å². The van der Waals surface area contributed by atoms with Crippen LogP contribution in [0.25, 0.3) is 22.6 Å². The van der Waals surface area contributed by atoms with E-state index >= 15 is 0 Å². The highest BCUT2D eigenvalue weighted by Gasteiger charge is 2.12. The fraction of sp³-hybridized carbons (Fsp3) is 0.154. The van der Waals surface area contributed by atoms with Crippen molar-refractivity contribution < 1.29 is 9.47 Å². The lowest BCUT2D eigenvalue weighted by atomic mass is 10.2. The summed E-state index contributed by atoms with van der Waals surface area (Å²) in [5, 5.41) is 0. The van der Waals surface area contributed by atoms with E-state index in [1.54, 1.807) is 32.4 Å². The number of nitrogens with two attached hydrogens (primary N) is 1. The number of rotatable bonds is 3. The number of hydrogen-bond acceptors (Lipinski definition) is 6. The minimum Gasteiger partial charge on any atom is -0.493 e. The Balaban J connectivity index is 2.16. The topological polar surface area (TPSA) is 119 Å². The van der Waals surface area contributed by atoms with Gasteiger partial charge in [0.25, 0.3) is 5.56 Å². The number of aromatic nitrogens is 4. The molecule has 0 spiro atoms. The fourth-order valence-corrected chi connectivity index (χ4v) is 2.04. The molecule has 3 aromatic rings. The molecule has 2 aromatic heterocycles. The van der Waals surface area contributed by atoms with E-state index in [9.17, 15) is 4.79 Å². The van der Waals surface area contributed by atoms with Gasteiger partial charge >= 0.3 is 0 Å². The molecule has 8 nitrogen and oxygen atoms in total. The van der Waals surface area contributed by atoms with Crippen LogP contribution in [0.15, 0.2) is 23.0 Å². The van der Waals surface area contributed by atoms with Crippen molar-refractivity contribution >= 4 is 17.1 Å². The van der Waals surface area contributed by atoms with Gasteiger partial charge in [-0.2, -0.15) is 4.98 Å². The van der Waals surface area contributed by atoms with E-state index in [1.165, 1.54) is 0 Å². The number of benzene rings is 1. The molecule has 0 saturated heterocycles. The lowest BCUT2D eigenvalue weighted by molar-refractivity contribution is 0.355. The summed E-state index contributed by atoms with van der Waals surface area (Å²) in [5.41, 5.74) is 6.41. The molecule has 4 N–H and O–H groups in total. The molecular weight excluding hydrogens is 274 g/mol. The number of nitrogens with zero attached hydrogens (tertiary/aromatic N) is 2. The number of H-pyrrole nitrogens is 2. The van der Waals surface area contributed by atoms with Gasteiger partial charge in [-0.05, 0) is 18.2 Å². The molecule has 1 aromatic carbocycles. The monoisotopic (exact) mass is 287 g/mol. The third-order valence-corrected chi connectivity index (χ3v) is 3.04. The van der Waals surface area contributed by atoms with Crippen LogP contribution in [-0.4, -0.2) is 34.2 Å². The summed E-state index contributed by atoms with van der Waals surface area (Å²) < 4.78 is 10.4. The summed E-state index contributed by atoms with van der Waals surface area (Å²) in [7, 11) is 3.11. The second-order valence-corrected chi connectivity index (χ2v) is 4.30. The van der Waals surface area contributed by atoms with E-state index in [2.05, 4.69) is 19.9 Å². The highest BCUT2D eigenvalue weighted by molar-refractivity contribution is 5.76. The number of nitrogen functional groups attached to an aromatic ring is 1. The molecule has 0 unspecified atom stereocenters. The van der Waals surface area contributed by atoms with Gasteiger partial charge in [-0.25, -0.2) is 4.98 Å². The summed E-state index contributed by atoms with van der Waals surface area (Å²) in [6, 6.07) is 5.32. The number of aromatic amines is 2. The van der Waals surface area contributed by atoms with Crippen LogP contribution in [0.3, 0.4) is 0 Å². The smallest absolute Gasteiger partial charge is 0.278 e.